The number of para-hydroxylation sites is 2. The number of fused-ring (bicyclic) bond motifs is 1. The maximum absolute atomic E-state index is 12.8. The molecule has 0 radical (unpaired) electrons. The lowest BCUT2D eigenvalue weighted by Gasteiger charge is -2.26. The molecule has 28 heavy (non-hydrogen) atoms. The number of urea groups is 1. The molecule has 0 bridgehead atoms. The highest BCUT2D eigenvalue weighted by Gasteiger charge is 2.36. The van der Waals surface area contributed by atoms with Crippen molar-refractivity contribution >= 4 is 41.0 Å². The molecule has 140 valence electrons. The van der Waals surface area contributed by atoms with Crippen LogP contribution in [0, 0.1) is 0 Å². The molecule has 4 rings (SSSR count). The lowest BCUT2D eigenvalue weighted by atomic mass is 10.1. The Hall–Kier alpha value is -3.32. The molecular formula is C21H17N3O3S. The maximum Gasteiger partial charge on any atom is 0.335 e. The Morgan fingerprint density at radius 3 is 2.43 bits per heavy atom. The summed E-state index contributed by atoms with van der Waals surface area (Å²) in [6.45, 7) is 2.80. The predicted molar refractivity (Wildman–Crippen MR) is 109 cm³/mol. The van der Waals surface area contributed by atoms with Crippen LogP contribution in [0.2, 0.25) is 0 Å². The number of benzene rings is 2. The molecule has 1 fully saturated rings. The molecule has 7 heteroatoms. The summed E-state index contributed by atoms with van der Waals surface area (Å²) in [7, 11) is 0. The van der Waals surface area contributed by atoms with Gasteiger partial charge in [0.2, 0.25) is 0 Å². The summed E-state index contributed by atoms with van der Waals surface area (Å²) in [5.74, 6) is -1.33. The second-order valence-corrected chi connectivity index (χ2v) is 7.20. The number of allylic oxidation sites excluding steroid dienone is 2. The molecule has 0 saturated carbocycles. The SMILES string of the molecule is CCN1C(=CC=C2C(=O)NC(=O)N(c3ccccc3)C2=O)Sc2ccccc21. The van der Waals surface area contributed by atoms with Crippen molar-refractivity contribution in [2.75, 3.05) is 16.3 Å². The van der Waals surface area contributed by atoms with E-state index in [1.165, 1.54) is 6.08 Å². The summed E-state index contributed by atoms with van der Waals surface area (Å²) in [6, 6.07) is 15.8. The fraction of sp³-hybridized carbons (Fsp3) is 0.0952. The summed E-state index contributed by atoms with van der Waals surface area (Å²) in [5.41, 5.74) is 1.43. The third kappa shape index (κ3) is 3.10. The predicted octanol–water partition coefficient (Wildman–Crippen LogP) is 3.67. The van der Waals surface area contributed by atoms with Crippen molar-refractivity contribution in [1.29, 1.82) is 0 Å². The van der Waals surface area contributed by atoms with Gasteiger partial charge < -0.3 is 4.90 Å². The zero-order valence-corrected chi connectivity index (χ0v) is 15.9. The van der Waals surface area contributed by atoms with E-state index in [0.29, 0.717) is 5.69 Å². The summed E-state index contributed by atoms with van der Waals surface area (Å²) in [6.07, 6.45) is 3.23. The molecule has 2 aliphatic rings. The van der Waals surface area contributed by atoms with Gasteiger partial charge in [0.15, 0.2) is 0 Å². The Morgan fingerprint density at radius 1 is 0.964 bits per heavy atom. The number of hydrogen-bond donors (Lipinski definition) is 1. The number of anilines is 2. The number of thioether (sulfide) groups is 1. The number of nitrogens with one attached hydrogen (secondary N) is 1. The molecule has 4 amide bonds. The minimum atomic E-state index is -0.746. The number of carbonyl (C=O) groups is 3. The van der Waals surface area contributed by atoms with Gasteiger partial charge in [0.1, 0.15) is 5.57 Å². The van der Waals surface area contributed by atoms with E-state index in [1.54, 1.807) is 48.2 Å². The van der Waals surface area contributed by atoms with Gasteiger partial charge in [-0.25, -0.2) is 9.69 Å². The average molecular weight is 391 g/mol. The Labute approximate surface area is 166 Å². The molecule has 0 aromatic heterocycles. The van der Waals surface area contributed by atoms with E-state index in [9.17, 15) is 14.4 Å². The van der Waals surface area contributed by atoms with Crippen molar-refractivity contribution in [2.24, 2.45) is 0 Å². The average Bonchev–Trinajstić information content (AvgIpc) is 3.05. The molecule has 2 heterocycles. The molecule has 0 spiro atoms. The van der Waals surface area contributed by atoms with E-state index >= 15 is 0 Å². The van der Waals surface area contributed by atoms with E-state index in [4.69, 9.17) is 0 Å². The van der Waals surface area contributed by atoms with Crippen LogP contribution in [0.15, 0.2) is 82.2 Å². The largest absolute Gasteiger partial charge is 0.335 e. The zero-order valence-electron chi connectivity index (χ0n) is 15.1. The second-order valence-electron chi connectivity index (χ2n) is 6.13. The van der Waals surface area contributed by atoms with E-state index in [-0.39, 0.29) is 5.57 Å². The second kappa shape index (κ2) is 7.36. The number of carbonyl (C=O) groups excluding carboxylic acids is 3. The molecule has 1 saturated heterocycles. The van der Waals surface area contributed by atoms with E-state index in [0.717, 1.165) is 27.1 Å². The minimum absolute atomic E-state index is 0.0800. The van der Waals surface area contributed by atoms with Gasteiger partial charge in [0.25, 0.3) is 11.8 Å². The molecule has 0 aliphatic carbocycles. The lowest BCUT2D eigenvalue weighted by Crippen LogP contribution is -2.54. The maximum atomic E-state index is 12.8. The van der Waals surface area contributed by atoms with Gasteiger partial charge in [-0.05, 0) is 43.3 Å². The number of amides is 4. The van der Waals surface area contributed by atoms with Gasteiger partial charge in [-0.15, -0.1) is 0 Å². The third-order valence-corrected chi connectivity index (χ3v) is 5.59. The first-order chi connectivity index (χ1) is 13.6. The summed E-state index contributed by atoms with van der Waals surface area (Å²) in [4.78, 5) is 41.5. The van der Waals surface area contributed by atoms with Crippen LogP contribution in [0.3, 0.4) is 0 Å². The fourth-order valence-corrected chi connectivity index (χ4v) is 4.27. The molecule has 0 unspecified atom stereocenters. The monoisotopic (exact) mass is 391 g/mol. The van der Waals surface area contributed by atoms with Crippen molar-refractivity contribution < 1.29 is 14.4 Å². The van der Waals surface area contributed by atoms with Crippen LogP contribution < -0.4 is 15.1 Å². The number of barbiturate groups is 1. The Balaban J connectivity index is 1.67. The van der Waals surface area contributed by atoms with Crippen LogP contribution in [-0.4, -0.2) is 24.4 Å². The van der Waals surface area contributed by atoms with E-state index in [2.05, 4.69) is 10.2 Å². The highest BCUT2D eigenvalue weighted by Crippen LogP contribution is 2.45. The molecule has 1 N–H and O–H groups in total. The molecule has 2 aromatic carbocycles. The van der Waals surface area contributed by atoms with Gasteiger partial charge in [-0.1, -0.05) is 42.1 Å². The zero-order chi connectivity index (χ0) is 19.7. The topological polar surface area (TPSA) is 69.7 Å². The van der Waals surface area contributed by atoms with Gasteiger partial charge in [-0.3, -0.25) is 14.9 Å². The highest BCUT2D eigenvalue weighted by atomic mass is 32.2. The first-order valence-corrected chi connectivity index (χ1v) is 9.63. The molecule has 2 aromatic rings. The third-order valence-electron chi connectivity index (χ3n) is 4.46. The van der Waals surface area contributed by atoms with Crippen molar-refractivity contribution in [2.45, 2.75) is 11.8 Å². The highest BCUT2D eigenvalue weighted by molar-refractivity contribution is 8.03. The van der Waals surface area contributed by atoms with Crippen molar-refractivity contribution in [1.82, 2.24) is 5.32 Å². The lowest BCUT2D eigenvalue weighted by molar-refractivity contribution is -0.122. The van der Waals surface area contributed by atoms with Crippen LogP contribution in [0.5, 0.6) is 0 Å². The van der Waals surface area contributed by atoms with Crippen LogP contribution in [-0.2, 0) is 9.59 Å². The summed E-state index contributed by atoms with van der Waals surface area (Å²) < 4.78 is 0. The van der Waals surface area contributed by atoms with Gasteiger partial charge in [-0.2, -0.15) is 0 Å². The van der Waals surface area contributed by atoms with Gasteiger partial charge >= 0.3 is 6.03 Å². The summed E-state index contributed by atoms with van der Waals surface area (Å²) in [5, 5.41) is 3.15. The molecule has 6 nitrogen and oxygen atoms in total. The number of imide groups is 2. The quantitative estimate of drug-likeness (QED) is 0.639. The summed E-state index contributed by atoms with van der Waals surface area (Å²) >= 11 is 1.58. The smallest absolute Gasteiger partial charge is 0.335 e. The standard InChI is InChI=1S/C21H17N3O3S/c1-2-23-16-10-6-7-11-17(16)28-18(23)13-12-15-19(25)22-21(27)24(20(15)26)14-8-4-3-5-9-14/h3-13H,2H2,1H3,(H,22,25,27). The molecule has 2 aliphatic heterocycles. The van der Waals surface area contributed by atoms with Crippen LogP contribution in [0.1, 0.15) is 6.92 Å². The first-order valence-electron chi connectivity index (χ1n) is 8.81. The molecule has 0 atom stereocenters. The van der Waals surface area contributed by atoms with E-state index < -0.39 is 17.8 Å². The Kier molecular flexibility index (Phi) is 4.75. The Morgan fingerprint density at radius 2 is 1.68 bits per heavy atom. The molecular weight excluding hydrogens is 374 g/mol. The Bertz CT molecular complexity index is 1030. The number of nitrogens with zero attached hydrogens (tertiary/aromatic N) is 2. The van der Waals surface area contributed by atoms with Crippen LogP contribution >= 0.6 is 11.8 Å². The van der Waals surface area contributed by atoms with Gasteiger partial charge in [0.05, 0.1) is 16.4 Å². The van der Waals surface area contributed by atoms with Crippen molar-refractivity contribution in [3.05, 3.63) is 77.4 Å². The number of rotatable bonds is 3. The van der Waals surface area contributed by atoms with Crippen molar-refractivity contribution in [3.8, 4) is 0 Å². The van der Waals surface area contributed by atoms with E-state index in [1.807, 2.05) is 31.2 Å². The van der Waals surface area contributed by atoms with Crippen LogP contribution in [0.4, 0.5) is 16.2 Å². The first kappa shape index (κ1) is 18.1. The van der Waals surface area contributed by atoms with Crippen LogP contribution in [0.25, 0.3) is 0 Å². The van der Waals surface area contributed by atoms with Crippen molar-refractivity contribution in [3.63, 3.8) is 0 Å². The van der Waals surface area contributed by atoms with Gasteiger partial charge in [0, 0.05) is 11.4 Å². The fourth-order valence-electron chi connectivity index (χ4n) is 3.15. The number of hydrogen-bond acceptors (Lipinski definition) is 5. The minimum Gasteiger partial charge on any atom is -0.335 e. The normalized spacial score (nSPS) is 19.4.